The minimum atomic E-state index is -2.33. The fourth-order valence-electron chi connectivity index (χ4n) is 14.9. The summed E-state index contributed by atoms with van der Waals surface area (Å²) in [7, 11) is 0. The molecule has 0 unspecified atom stereocenters. The highest BCUT2D eigenvalue weighted by atomic mass is 16.8. The summed E-state index contributed by atoms with van der Waals surface area (Å²) >= 11 is 0. The molecule has 10 heterocycles. The second kappa shape index (κ2) is 38.7. The predicted molar refractivity (Wildman–Crippen MR) is 346 cm³/mol. The van der Waals surface area contributed by atoms with Crippen molar-refractivity contribution in [3.8, 4) is 0 Å². The molecule has 0 aromatic carbocycles. The second-order valence-electron chi connectivity index (χ2n) is 29.4. The van der Waals surface area contributed by atoms with Gasteiger partial charge in [0, 0.05) is 13.8 Å². The zero-order valence-corrected chi connectivity index (χ0v) is 61.2. The Bertz CT molecular complexity index is 2950. The Labute approximate surface area is 636 Å². The Hall–Kier alpha value is -2.82. The molecule has 10 fully saturated rings. The van der Waals surface area contributed by atoms with Crippen LogP contribution in [0.3, 0.4) is 0 Å². The molecule has 0 saturated carbocycles. The fraction of sp³-hybridized carbons (Fsp3) is 0.969. The molecule has 10 aliphatic rings. The van der Waals surface area contributed by atoms with Gasteiger partial charge in [-0.25, -0.2) is 0 Å². The van der Waals surface area contributed by atoms with E-state index in [9.17, 15) is 137 Å². The first-order valence-corrected chi connectivity index (χ1v) is 36.4. The fourth-order valence-corrected chi connectivity index (χ4v) is 14.9. The Morgan fingerprint density at radius 2 is 0.464 bits per heavy atom. The van der Waals surface area contributed by atoms with Gasteiger partial charge in [-0.05, 0) is 34.6 Å². The van der Waals surface area contributed by atoms with Gasteiger partial charge in [0.1, 0.15) is 214 Å². The van der Waals surface area contributed by atoms with Crippen molar-refractivity contribution < 1.29 is 227 Å². The van der Waals surface area contributed by atoms with Gasteiger partial charge in [0.2, 0.25) is 11.8 Å². The molecule has 10 rings (SSSR count). The summed E-state index contributed by atoms with van der Waals surface area (Å²) in [6.45, 7) is 3.06. The Morgan fingerprint density at radius 1 is 0.232 bits per heavy atom. The van der Waals surface area contributed by atoms with Gasteiger partial charge in [0.15, 0.2) is 62.9 Å². The van der Waals surface area contributed by atoms with Crippen LogP contribution in [-0.2, 0) is 99.6 Å². The molecule has 112 heavy (non-hydrogen) atoms. The highest BCUT2D eigenvalue weighted by molar-refractivity contribution is 5.73. The van der Waals surface area contributed by atoms with E-state index in [1.807, 2.05) is 0 Å². The molecular weight excluding hydrogens is 1530 g/mol. The Balaban J connectivity index is 0.891. The lowest BCUT2D eigenvalue weighted by molar-refractivity contribution is -0.406. The molecule has 10 saturated heterocycles. The number of aliphatic hydroxyl groups is 25. The van der Waals surface area contributed by atoms with Crippen LogP contribution >= 0.6 is 0 Å². The number of hydrogen-bond donors (Lipinski definition) is 27. The number of aliphatic hydroxyl groups excluding tert-OH is 25. The minimum absolute atomic E-state index is 0.851. The van der Waals surface area contributed by atoms with Gasteiger partial charge in [-0.15, -0.1) is 0 Å². The summed E-state index contributed by atoms with van der Waals surface area (Å²) in [4.78, 5) is 26.4. The van der Waals surface area contributed by atoms with E-state index >= 15 is 0 Å². The average molecular weight is 1640 g/mol. The molecule has 0 aliphatic carbocycles. The van der Waals surface area contributed by atoms with E-state index in [0.29, 0.717) is 0 Å². The van der Waals surface area contributed by atoms with Crippen LogP contribution in [0, 0.1) is 0 Å². The van der Waals surface area contributed by atoms with Crippen LogP contribution in [0.4, 0.5) is 0 Å². The average Bonchev–Trinajstić information content (AvgIpc) is 0.766. The number of ether oxygens (including phenoxy) is 19. The number of rotatable bonds is 25. The summed E-state index contributed by atoms with van der Waals surface area (Å²) in [5.41, 5.74) is 0. The van der Waals surface area contributed by atoms with Crippen molar-refractivity contribution in [2.75, 3.05) is 33.0 Å². The third kappa shape index (κ3) is 19.2. The van der Waals surface area contributed by atoms with Crippen molar-refractivity contribution in [1.82, 2.24) is 10.6 Å². The van der Waals surface area contributed by atoms with Crippen LogP contribution in [-0.4, -0.2) is 479 Å². The molecule has 650 valence electrons. The van der Waals surface area contributed by atoms with Crippen LogP contribution in [0.1, 0.15) is 48.5 Å². The third-order valence-electron chi connectivity index (χ3n) is 21.5. The topological polar surface area (TPSA) is 739 Å². The van der Waals surface area contributed by atoms with Gasteiger partial charge >= 0.3 is 0 Å². The number of carbonyl (C=O) groups is 2. The molecule has 48 heteroatoms. The summed E-state index contributed by atoms with van der Waals surface area (Å²) < 4.78 is 113. The lowest BCUT2D eigenvalue weighted by Crippen LogP contribution is -2.70. The maximum atomic E-state index is 13.3. The standard InChI is InChI=1S/C64H108N2O46/c1-13-27(74)37(84)43(90)58(94-13)109-53-41(88)33(80)21(9-68)102-63(53)104-46-25(65-18(6)72)56(100-23(11-70)35(46)82)107-49-31(78)17(5)96-60(45(49)92)111-52-39(86)29(76)15(3)98-62(52)112-54-42(89)34(81)22(10-69)103-64(54)105-47-26(66-19(7)73)57(101-24(12-71)36(47)83)106-48-30(77)16(4)95-59(44(48)91)110-51-38(85)28(75)14(2)97-61(51)108-50-40(87)32(79)20(8-67)99-55(50)93/h13-17,20-64,67-71,74-93H,8-12H2,1-7H3,(H,65,72)(H,66,73)/t13-,14-,15-,16-,17-,20+,21+,22+,23+,24+,25+,26+,27-,28-,29-,30-,31-,32-,33-,34-,35+,36+,37+,38+,39+,40-,41-,42-,43+,44+,45+,46+,47+,48+,49+,50+,51+,52+,53+,54+,55-,56+,57+,58-,59-,60-,61-,62-,63+,64+/m0/s1. The summed E-state index contributed by atoms with van der Waals surface area (Å²) in [6.07, 6.45) is -93.4. The van der Waals surface area contributed by atoms with Crippen LogP contribution in [0.25, 0.3) is 0 Å². The second-order valence-corrected chi connectivity index (χ2v) is 29.4. The summed E-state index contributed by atoms with van der Waals surface area (Å²) in [5, 5.41) is 284. The van der Waals surface area contributed by atoms with Crippen molar-refractivity contribution in [1.29, 1.82) is 0 Å². The molecule has 50 atom stereocenters. The van der Waals surface area contributed by atoms with Gasteiger partial charge in [0.05, 0.1) is 63.6 Å². The number of nitrogens with one attached hydrogen (secondary N) is 2. The monoisotopic (exact) mass is 1640 g/mol. The van der Waals surface area contributed by atoms with E-state index in [0.717, 1.165) is 13.8 Å². The molecule has 27 N–H and O–H groups in total. The molecule has 0 aromatic heterocycles. The Kier molecular flexibility index (Phi) is 31.6. The van der Waals surface area contributed by atoms with Crippen LogP contribution in [0.2, 0.25) is 0 Å². The van der Waals surface area contributed by atoms with Crippen molar-refractivity contribution in [3.05, 3.63) is 0 Å². The van der Waals surface area contributed by atoms with E-state index < -0.39 is 352 Å². The maximum Gasteiger partial charge on any atom is 0.217 e. The normalized spacial score (nSPS) is 53.2. The van der Waals surface area contributed by atoms with E-state index in [1.165, 1.54) is 34.6 Å². The molecule has 0 bridgehead atoms. The van der Waals surface area contributed by atoms with E-state index in [4.69, 9.17) is 90.0 Å². The minimum Gasteiger partial charge on any atom is -0.394 e. The van der Waals surface area contributed by atoms with E-state index in [1.54, 1.807) is 0 Å². The molecule has 10 aliphatic heterocycles. The van der Waals surface area contributed by atoms with Crippen LogP contribution in [0.15, 0.2) is 0 Å². The number of hydrogen-bond acceptors (Lipinski definition) is 46. The Morgan fingerprint density at radius 3 is 0.804 bits per heavy atom. The van der Waals surface area contributed by atoms with Crippen molar-refractivity contribution >= 4 is 11.8 Å². The first-order valence-electron chi connectivity index (χ1n) is 36.4. The van der Waals surface area contributed by atoms with Gasteiger partial charge < -0.3 is 228 Å². The highest BCUT2D eigenvalue weighted by Crippen LogP contribution is 2.41. The van der Waals surface area contributed by atoms with Crippen LogP contribution < -0.4 is 10.6 Å². The molecule has 2 amide bonds. The quantitative estimate of drug-likeness (QED) is 0.0404. The smallest absolute Gasteiger partial charge is 0.217 e. The highest BCUT2D eigenvalue weighted by Gasteiger charge is 2.62. The zero-order valence-electron chi connectivity index (χ0n) is 61.2. The number of carbonyl (C=O) groups excluding carboxylic acids is 2. The largest absolute Gasteiger partial charge is 0.394 e. The van der Waals surface area contributed by atoms with Gasteiger partial charge in [-0.2, -0.15) is 0 Å². The van der Waals surface area contributed by atoms with Crippen molar-refractivity contribution in [2.45, 2.75) is 355 Å². The first kappa shape index (κ1) is 91.5. The predicted octanol–water partition coefficient (Wildman–Crippen LogP) is -17.4. The SMILES string of the molecule is CC(=O)N[C@H]1[C@@H](O[C@@H]2[C@@H](O)[C@H](C)O[C@@H](O[C@H]3[C@H](O[C@H]4[C@@H](O[C@H]5[C@H](O)[C@@H](CO)O[C@H](O[C@@H]6[C@@H](O)[C@H](C)O[C@@H](O[C@H]7[C@H](O[C@@H]8[C@@H](O)[C@@H](O)[C@@H](CO)O[C@@H]8O)O[C@@H](C)[C@H](O)[C@H]7O)[C@@H]6O)[C@@H]5NC(C)=O)O[C@H](CO)[C@H](O)[C@@H]4O)O[C@@H](C)[C@H](O)[C@H]3O)[C@@H]2O)O[C@H](CO)[C@@H](O)[C@@H]1O[C@H]1O[C@H](CO)[C@H](O)[C@H](O)[C@H]1O[C@@H]1O[C@@H](C)[C@H](O)[C@@H](O)[C@H]1O. The molecule has 0 spiro atoms. The van der Waals surface area contributed by atoms with Crippen LogP contribution in [0.5, 0.6) is 0 Å². The molecule has 0 aromatic rings. The van der Waals surface area contributed by atoms with Gasteiger partial charge in [0.25, 0.3) is 0 Å². The van der Waals surface area contributed by atoms with Gasteiger partial charge in [-0.3, -0.25) is 9.59 Å². The molecule has 0 radical (unpaired) electrons. The van der Waals surface area contributed by atoms with Gasteiger partial charge in [-0.1, -0.05) is 0 Å². The third-order valence-corrected chi connectivity index (χ3v) is 21.5. The van der Waals surface area contributed by atoms with Crippen molar-refractivity contribution in [2.24, 2.45) is 0 Å². The maximum absolute atomic E-state index is 13.3. The summed E-state index contributed by atoms with van der Waals surface area (Å²) in [6, 6.07) is -3.79. The summed E-state index contributed by atoms with van der Waals surface area (Å²) in [5.74, 6) is -1.86. The first-order chi connectivity index (χ1) is 52.8. The molecular formula is C64H108N2O46. The lowest BCUT2D eigenvalue weighted by atomic mass is 9.94. The molecule has 48 nitrogen and oxygen atoms in total. The van der Waals surface area contributed by atoms with E-state index in [-0.39, 0.29) is 0 Å². The lowest BCUT2D eigenvalue weighted by Gasteiger charge is -2.51. The number of amides is 2. The van der Waals surface area contributed by atoms with Crippen molar-refractivity contribution in [3.63, 3.8) is 0 Å². The van der Waals surface area contributed by atoms with E-state index in [2.05, 4.69) is 10.6 Å². The zero-order chi connectivity index (χ0) is 82.4.